The van der Waals surface area contributed by atoms with E-state index in [4.69, 9.17) is 9.40 Å². The molecular weight excluding hydrogens is 290 g/mol. The Morgan fingerprint density at radius 2 is 1.68 bits per heavy atom. The van der Waals surface area contributed by atoms with Crippen LogP contribution in [-0.4, -0.2) is 4.98 Å². The molecule has 22 heavy (non-hydrogen) atoms. The van der Waals surface area contributed by atoms with E-state index in [-0.39, 0.29) is 10.8 Å². The van der Waals surface area contributed by atoms with Gasteiger partial charge in [-0.1, -0.05) is 53.7 Å². The maximum Gasteiger partial charge on any atom is 0.237 e. The van der Waals surface area contributed by atoms with Gasteiger partial charge < -0.3 is 4.42 Å². The molecule has 0 aliphatic heterocycles. The molecule has 0 bridgehead atoms. The normalized spacial score (nSPS) is 13.0. The van der Waals surface area contributed by atoms with Crippen molar-refractivity contribution < 1.29 is 4.42 Å². The highest BCUT2D eigenvalue weighted by molar-refractivity contribution is 7.13. The zero-order valence-corrected chi connectivity index (χ0v) is 15.0. The van der Waals surface area contributed by atoms with Crippen LogP contribution in [0.1, 0.15) is 52.7 Å². The van der Waals surface area contributed by atoms with E-state index in [0.29, 0.717) is 0 Å². The largest absolute Gasteiger partial charge is 0.435 e. The van der Waals surface area contributed by atoms with Gasteiger partial charge in [0.2, 0.25) is 5.89 Å². The van der Waals surface area contributed by atoms with E-state index < -0.39 is 0 Å². The Labute approximate surface area is 136 Å². The molecule has 0 atom stereocenters. The Balaban J connectivity index is 2.33. The van der Waals surface area contributed by atoms with Gasteiger partial charge in [-0.25, -0.2) is 4.98 Å². The molecule has 0 aliphatic carbocycles. The van der Waals surface area contributed by atoms with E-state index in [1.165, 1.54) is 11.1 Å². The molecule has 0 unspecified atom stereocenters. The molecule has 2 heterocycles. The quantitative estimate of drug-likeness (QED) is 0.538. The van der Waals surface area contributed by atoms with Gasteiger partial charge in [-0.05, 0) is 39.5 Å². The lowest BCUT2D eigenvalue weighted by atomic mass is 9.75. The molecular formula is C19H23NOS. The third kappa shape index (κ3) is 2.58. The summed E-state index contributed by atoms with van der Waals surface area (Å²) in [5, 5.41) is 2.05. The van der Waals surface area contributed by atoms with E-state index in [1.807, 2.05) is 6.07 Å². The highest BCUT2D eigenvalue weighted by Gasteiger charge is 2.29. The second-order valence-electron chi connectivity index (χ2n) is 7.83. The van der Waals surface area contributed by atoms with Crippen LogP contribution in [0, 0.1) is 0 Å². The lowest BCUT2D eigenvalue weighted by Crippen LogP contribution is -2.22. The van der Waals surface area contributed by atoms with Gasteiger partial charge in [0.15, 0.2) is 5.58 Å². The van der Waals surface area contributed by atoms with Crippen molar-refractivity contribution in [2.75, 3.05) is 0 Å². The lowest BCUT2D eigenvalue weighted by Gasteiger charge is -2.29. The molecule has 2 nitrogen and oxygen atoms in total. The number of hydrogen-bond acceptors (Lipinski definition) is 3. The first-order valence-corrected chi connectivity index (χ1v) is 8.54. The summed E-state index contributed by atoms with van der Waals surface area (Å²) in [4.78, 5) is 5.92. The third-order valence-electron chi connectivity index (χ3n) is 3.85. The molecule has 0 fully saturated rings. The molecule has 3 aromatic rings. The molecule has 0 saturated heterocycles. The van der Waals surface area contributed by atoms with Gasteiger partial charge in [-0.15, -0.1) is 11.3 Å². The van der Waals surface area contributed by atoms with Crippen LogP contribution < -0.4 is 0 Å². The summed E-state index contributed by atoms with van der Waals surface area (Å²) in [7, 11) is 0. The first kappa shape index (κ1) is 15.3. The van der Waals surface area contributed by atoms with Crippen LogP contribution in [0.4, 0.5) is 0 Å². The lowest BCUT2D eigenvalue weighted by molar-refractivity contribution is 0.533. The average Bonchev–Trinajstić information content (AvgIpc) is 3.03. The summed E-state index contributed by atoms with van der Waals surface area (Å²) < 4.78 is 6.02. The number of aromatic nitrogens is 1. The van der Waals surface area contributed by atoms with Crippen LogP contribution >= 0.6 is 11.3 Å². The second-order valence-corrected chi connectivity index (χ2v) is 8.78. The highest BCUT2D eigenvalue weighted by atomic mass is 32.1. The minimum absolute atomic E-state index is 0.0196. The zero-order valence-electron chi connectivity index (χ0n) is 14.2. The van der Waals surface area contributed by atoms with Crippen molar-refractivity contribution >= 4 is 22.4 Å². The van der Waals surface area contributed by atoms with E-state index in [2.05, 4.69) is 65.1 Å². The summed E-state index contributed by atoms with van der Waals surface area (Å²) >= 11 is 1.66. The van der Waals surface area contributed by atoms with Gasteiger partial charge in [0.05, 0.1) is 4.88 Å². The van der Waals surface area contributed by atoms with Gasteiger partial charge in [0.1, 0.15) is 5.52 Å². The summed E-state index contributed by atoms with van der Waals surface area (Å²) in [6.45, 7) is 13.5. The van der Waals surface area contributed by atoms with Crippen molar-refractivity contribution in [2.24, 2.45) is 0 Å². The van der Waals surface area contributed by atoms with Crippen molar-refractivity contribution in [3.63, 3.8) is 0 Å². The fourth-order valence-electron chi connectivity index (χ4n) is 2.88. The van der Waals surface area contributed by atoms with Crippen molar-refractivity contribution in [2.45, 2.75) is 52.4 Å². The average molecular weight is 313 g/mol. The number of oxazole rings is 1. The van der Waals surface area contributed by atoms with E-state index >= 15 is 0 Å². The Bertz CT molecular complexity index is 798. The fourth-order valence-corrected chi connectivity index (χ4v) is 3.53. The summed E-state index contributed by atoms with van der Waals surface area (Å²) in [5.74, 6) is 0.724. The Kier molecular flexibility index (Phi) is 3.44. The smallest absolute Gasteiger partial charge is 0.237 e. The number of thiophene rings is 1. The fraction of sp³-hybridized carbons (Fsp3) is 0.421. The first-order chi connectivity index (χ1) is 10.2. The topological polar surface area (TPSA) is 26.0 Å². The summed E-state index contributed by atoms with van der Waals surface area (Å²) in [5.41, 5.74) is 4.62. The molecule has 0 amide bonds. The zero-order chi connectivity index (χ0) is 16.1. The van der Waals surface area contributed by atoms with E-state index in [9.17, 15) is 0 Å². The van der Waals surface area contributed by atoms with Crippen LogP contribution in [0.25, 0.3) is 21.9 Å². The SMILES string of the molecule is CC(C)(C)c1ccc2oc(-c3cccs3)nc2c1C(C)(C)C. The predicted octanol–water partition coefficient (Wildman–Crippen LogP) is 6.15. The number of fused-ring (bicyclic) bond motifs is 1. The van der Waals surface area contributed by atoms with Gasteiger partial charge in [0, 0.05) is 0 Å². The van der Waals surface area contributed by atoms with Crippen LogP contribution in [0.5, 0.6) is 0 Å². The van der Waals surface area contributed by atoms with Gasteiger partial charge in [-0.2, -0.15) is 0 Å². The van der Waals surface area contributed by atoms with Crippen LogP contribution in [0.15, 0.2) is 34.1 Å². The molecule has 116 valence electrons. The van der Waals surface area contributed by atoms with Crippen molar-refractivity contribution in [3.8, 4) is 10.8 Å². The summed E-state index contributed by atoms with van der Waals surface area (Å²) in [6, 6.07) is 8.35. The predicted molar refractivity (Wildman–Crippen MR) is 94.7 cm³/mol. The molecule has 1 aromatic carbocycles. The van der Waals surface area contributed by atoms with E-state index in [0.717, 1.165) is 21.9 Å². The van der Waals surface area contributed by atoms with Gasteiger partial charge >= 0.3 is 0 Å². The molecule has 0 spiro atoms. The molecule has 0 radical (unpaired) electrons. The Morgan fingerprint density at radius 3 is 2.23 bits per heavy atom. The van der Waals surface area contributed by atoms with Crippen LogP contribution in [-0.2, 0) is 10.8 Å². The van der Waals surface area contributed by atoms with Gasteiger partial charge in [-0.3, -0.25) is 0 Å². The monoisotopic (exact) mass is 313 g/mol. The number of hydrogen-bond donors (Lipinski definition) is 0. The van der Waals surface area contributed by atoms with Crippen molar-refractivity contribution in [3.05, 3.63) is 40.8 Å². The highest BCUT2D eigenvalue weighted by Crippen LogP contribution is 2.40. The maximum atomic E-state index is 6.02. The first-order valence-electron chi connectivity index (χ1n) is 7.66. The van der Waals surface area contributed by atoms with Crippen LogP contribution in [0.2, 0.25) is 0 Å². The third-order valence-corrected chi connectivity index (χ3v) is 4.71. The minimum atomic E-state index is 0.0196. The van der Waals surface area contributed by atoms with E-state index in [1.54, 1.807) is 11.3 Å². The molecule has 2 aromatic heterocycles. The number of nitrogens with zero attached hydrogens (tertiary/aromatic N) is 1. The molecule has 0 saturated carbocycles. The van der Waals surface area contributed by atoms with Gasteiger partial charge in [0.25, 0.3) is 0 Å². The minimum Gasteiger partial charge on any atom is -0.435 e. The molecule has 0 N–H and O–H groups in total. The second kappa shape index (κ2) is 4.95. The molecule has 3 heteroatoms. The molecule has 0 aliphatic rings. The number of rotatable bonds is 1. The van der Waals surface area contributed by atoms with Crippen LogP contribution in [0.3, 0.4) is 0 Å². The Morgan fingerprint density at radius 1 is 0.955 bits per heavy atom. The standard InChI is InChI=1S/C19H23NOS/c1-18(2,3)12-9-10-13-16(15(12)19(4,5)6)20-17(21-13)14-8-7-11-22-14/h7-11H,1-6H3. The molecule has 3 rings (SSSR count). The maximum absolute atomic E-state index is 6.02. The van der Waals surface area contributed by atoms with Crippen molar-refractivity contribution in [1.29, 1.82) is 0 Å². The summed E-state index contributed by atoms with van der Waals surface area (Å²) in [6.07, 6.45) is 0. The Hall–Kier alpha value is -1.61. The number of benzene rings is 1. The van der Waals surface area contributed by atoms with Crippen molar-refractivity contribution in [1.82, 2.24) is 4.98 Å².